The molecule has 0 amide bonds. The van der Waals surface area contributed by atoms with E-state index in [1.54, 1.807) is 6.92 Å². The zero-order valence-electron chi connectivity index (χ0n) is 16.3. The minimum Gasteiger partial charge on any atom is -0.412 e. The third kappa shape index (κ3) is 27.9. The van der Waals surface area contributed by atoms with E-state index in [4.69, 9.17) is 18.4 Å². The number of hydrogen-bond acceptors (Lipinski definition) is 5. The minimum absolute atomic E-state index is 0. The second-order valence-corrected chi connectivity index (χ2v) is 9.14. The third-order valence-electron chi connectivity index (χ3n) is 1.31. The second-order valence-electron chi connectivity index (χ2n) is 7.48. The molecule has 0 aromatic carbocycles. The van der Waals surface area contributed by atoms with Crippen LogP contribution in [-0.4, -0.2) is 53.3 Å². The van der Waals surface area contributed by atoms with Crippen molar-refractivity contribution >= 4 is 9.05 Å². The van der Waals surface area contributed by atoms with Crippen LogP contribution in [0.4, 0.5) is 0 Å². The first-order chi connectivity index (χ1) is 8.54. The van der Waals surface area contributed by atoms with Crippen molar-refractivity contribution in [1.82, 2.24) is 0 Å². The Kier molecular flexibility index (Phi) is 19.9. The van der Waals surface area contributed by atoms with Gasteiger partial charge in [0.2, 0.25) is 0 Å². The van der Waals surface area contributed by atoms with Crippen LogP contribution in [0.3, 0.4) is 0 Å². The summed E-state index contributed by atoms with van der Waals surface area (Å²) < 4.78 is 16.9. The van der Waals surface area contributed by atoms with E-state index < -0.39 is 25.9 Å². The molecule has 0 fully saturated rings. The Morgan fingerprint density at radius 3 is 0.913 bits per heavy atom. The summed E-state index contributed by atoms with van der Waals surface area (Å²) in [5, 5.41) is 7.57. The molecule has 0 rings (SSSR count). The van der Waals surface area contributed by atoms with Crippen LogP contribution in [0.5, 0.6) is 0 Å². The van der Waals surface area contributed by atoms with Crippen molar-refractivity contribution in [1.29, 1.82) is 0 Å². The number of hydrogen-bond donors (Lipinski definition) is 2. The molecule has 0 saturated carbocycles. The van der Waals surface area contributed by atoms with Gasteiger partial charge < -0.3 is 34.1 Å². The monoisotopic (exact) mass is 436 g/mol. The maximum absolute atomic E-state index is 10.5. The van der Waals surface area contributed by atoms with Gasteiger partial charge in [-0.15, -0.1) is 0 Å². The molecule has 0 heterocycles. The van der Waals surface area contributed by atoms with Crippen LogP contribution in [0, 0.1) is 0 Å². The average molecular weight is 438 g/mol. The van der Waals surface area contributed by atoms with Crippen LogP contribution in [0.25, 0.3) is 0 Å². The zero-order chi connectivity index (χ0) is 16.8. The van der Waals surface area contributed by atoms with Crippen molar-refractivity contribution in [3.63, 3.8) is 0 Å². The van der Waals surface area contributed by atoms with E-state index >= 15 is 0 Å². The normalized spacial score (nSPS) is 12.0. The van der Waals surface area contributed by atoms with Gasteiger partial charge in [-0.2, -0.15) is 0 Å². The summed E-state index contributed by atoms with van der Waals surface area (Å²) in [6, 6.07) is 0. The predicted octanol–water partition coefficient (Wildman–Crippen LogP) is 1.21. The summed E-state index contributed by atoms with van der Waals surface area (Å²) in [6.07, 6.45) is 0. The molecule has 0 aliphatic rings. The maximum atomic E-state index is 10.5. The van der Waals surface area contributed by atoms with Crippen LogP contribution >= 0.6 is 0 Å². The molecule has 0 unspecified atom stereocenters. The van der Waals surface area contributed by atoms with Crippen molar-refractivity contribution in [2.75, 3.05) is 6.61 Å². The maximum Gasteiger partial charge on any atom is 0.678 e. The fraction of sp³-hybridized carbons (Fsp3) is 1.00. The number of rotatable bonds is 3. The summed E-state index contributed by atoms with van der Waals surface area (Å²) in [5.74, 6) is 0. The van der Waals surface area contributed by atoms with Crippen LogP contribution in [0.2, 0.25) is 0 Å². The van der Waals surface area contributed by atoms with Crippen LogP contribution < -0.4 is 0 Å². The topological polar surface area (TPSA) is 131 Å². The quantitative estimate of drug-likeness (QED) is 0.640. The Labute approximate surface area is 162 Å². The Balaban J connectivity index is -0.000000166. The smallest absolute Gasteiger partial charge is 0.412 e. The summed E-state index contributed by atoms with van der Waals surface area (Å²) in [6.45, 7) is 18.7. The molecule has 23 heavy (non-hydrogen) atoms. The van der Waals surface area contributed by atoms with Gasteiger partial charge in [0, 0.05) is 32.8 Å². The standard InChI is InChI=1S/C12H28O4Si.C2H6O.2H2O.Zr/c1-10(2,3)14-17(13,15-11(4,5)6)16-12(7,8)9;1-2-3;;;/h13H,1-9H3;3H,2H2,1H3;2*1H2;. The van der Waals surface area contributed by atoms with E-state index in [9.17, 15) is 4.80 Å². The molecule has 0 aromatic rings. The zero-order valence-corrected chi connectivity index (χ0v) is 19.8. The van der Waals surface area contributed by atoms with Gasteiger partial charge in [0.15, 0.2) is 0 Å². The van der Waals surface area contributed by atoms with Crippen LogP contribution in [0.15, 0.2) is 0 Å². The first kappa shape index (κ1) is 35.0. The van der Waals surface area contributed by atoms with Crippen molar-refractivity contribution in [3.8, 4) is 0 Å². The van der Waals surface area contributed by atoms with Gasteiger partial charge in [-0.1, -0.05) is 0 Å². The van der Waals surface area contributed by atoms with E-state index in [0.717, 1.165) is 0 Å². The van der Waals surface area contributed by atoms with Crippen molar-refractivity contribution in [2.45, 2.75) is 86.0 Å². The van der Waals surface area contributed by atoms with Gasteiger partial charge in [0.05, 0.1) is 16.8 Å². The summed E-state index contributed by atoms with van der Waals surface area (Å²) in [5.41, 5.74) is -1.55. The molecule has 9 heteroatoms. The second kappa shape index (κ2) is 13.1. The summed E-state index contributed by atoms with van der Waals surface area (Å²) in [4.78, 5) is 10.5. The summed E-state index contributed by atoms with van der Waals surface area (Å²) >= 11 is 0. The molecule has 0 aliphatic carbocycles. The molecule has 0 bridgehead atoms. The molecule has 0 spiro atoms. The van der Waals surface area contributed by atoms with Gasteiger partial charge >= 0.3 is 9.05 Å². The van der Waals surface area contributed by atoms with Crippen molar-refractivity contribution < 1.29 is 60.3 Å². The molecular formula is C14H38O7SiZr. The fourth-order valence-electron chi connectivity index (χ4n) is 1.22. The van der Waals surface area contributed by atoms with E-state index in [2.05, 4.69) is 0 Å². The fourth-order valence-corrected chi connectivity index (χ4v) is 3.67. The first-order valence-corrected chi connectivity index (χ1v) is 8.64. The summed E-state index contributed by atoms with van der Waals surface area (Å²) in [7, 11) is -3.66. The van der Waals surface area contributed by atoms with E-state index in [1.807, 2.05) is 62.3 Å². The molecule has 7 nitrogen and oxygen atoms in total. The molecule has 144 valence electrons. The Morgan fingerprint density at radius 1 is 0.696 bits per heavy atom. The minimum atomic E-state index is -3.66. The molecule has 0 saturated heterocycles. The Bertz CT molecular complexity index is 229. The van der Waals surface area contributed by atoms with Gasteiger partial charge in [0.25, 0.3) is 0 Å². The number of aliphatic hydroxyl groups is 1. The largest absolute Gasteiger partial charge is 0.678 e. The van der Waals surface area contributed by atoms with Gasteiger partial charge in [-0.3, -0.25) is 0 Å². The van der Waals surface area contributed by atoms with E-state index in [1.165, 1.54) is 0 Å². The molecule has 0 aliphatic heterocycles. The Morgan fingerprint density at radius 2 is 0.826 bits per heavy atom. The van der Waals surface area contributed by atoms with Gasteiger partial charge in [-0.05, 0) is 69.2 Å². The van der Waals surface area contributed by atoms with E-state index in [0.29, 0.717) is 0 Å². The molecule has 0 atom stereocenters. The third-order valence-corrected chi connectivity index (χ3v) is 3.92. The predicted molar refractivity (Wildman–Crippen MR) is 90.5 cm³/mol. The average Bonchev–Trinajstić information content (AvgIpc) is 1.89. The molecule has 6 N–H and O–H groups in total. The van der Waals surface area contributed by atoms with Gasteiger partial charge in [0.1, 0.15) is 0 Å². The van der Waals surface area contributed by atoms with Crippen LogP contribution in [0.1, 0.15) is 69.2 Å². The van der Waals surface area contributed by atoms with Crippen molar-refractivity contribution in [3.05, 3.63) is 0 Å². The SMILES string of the molecule is CC(C)(C)O[Si](O)(OC(C)(C)C)OC(C)(C)C.CCO.O.O.[Zr]. The first-order valence-electron chi connectivity index (χ1n) is 6.97. The van der Waals surface area contributed by atoms with Crippen LogP contribution in [-0.2, 0) is 39.5 Å². The molecule has 0 aromatic heterocycles. The molecular weight excluding hydrogens is 399 g/mol. The van der Waals surface area contributed by atoms with Gasteiger partial charge in [-0.25, -0.2) is 0 Å². The Hall–Kier alpha value is 0.820. The van der Waals surface area contributed by atoms with E-state index in [-0.39, 0.29) is 43.8 Å². The van der Waals surface area contributed by atoms with Crippen molar-refractivity contribution in [2.24, 2.45) is 0 Å². The number of aliphatic hydroxyl groups excluding tert-OH is 1. The molecule has 0 radical (unpaired) electrons.